The summed E-state index contributed by atoms with van der Waals surface area (Å²) in [5, 5.41) is 0.180. The predicted octanol–water partition coefficient (Wildman–Crippen LogP) is 2.90. The SMILES string of the molecule is CCCN1c2ccccc2SC1CC(=O)OC. The fourth-order valence-electron chi connectivity index (χ4n) is 2.04. The number of nitrogens with zero attached hydrogens (tertiary/aromatic N) is 1. The quantitative estimate of drug-likeness (QED) is 0.770. The highest BCUT2D eigenvalue weighted by Gasteiger charge is 2.30. The lowest BCUT2D eigenvalue weighted by Gasteiger charge is -2.25. The van der Waals surface area contributed by atoms with Crippen molar-refractivity contribution in [3.8, 4) is 0 Å². The summed E-state index contributed by atoms with van der Waals surface area (Å²) in [4.78, 5) is 15.0. The van der Waals surface area contributed by atoms with Crippen molar-refractivity contribution in [2.45, 2.75) is 30.0 Å². The van der Waals surface area contributed by atoms with E-state index in [2.05, 4.69) is 24.0 Å². The van der Waals surface area contributed by atoms with Crippen molar-refractivity contribution in [2.75, 3.05) is 18.6 Å². The van der Waals surface area contributed by atoms with Crippen LogP contribution in [0.1, 0.15) is 19.8 Å². The summed E-state index contributed by atoms with van der Waals surface area (Å²) in [5.74, 6) is -0.142. The van der Waals surface area contributed by atoms with Gasteiger partial charge in [-0.1, -0.05) is 30.8 Å². The fourth-order valence-corrected chi connectivity index (χ4v) is 3.36. The Balaban J connectivity index is 2.17. The number of methoxy groups -OCH3 is 1. The normalized spacial score (nSPS) is 18.0. The minimum atomic E-state index is -0.142. The van der Waals surface area contributed by atoms with E-state index in [0.29, 0.717) is 6.42 Å². The van der Waals surface area contributed by atoms with Crippen molar-refractivity contribution in [1.29, 1.82) is 0 Å². The number of carbonyl (C=O) groups is 1. The van der Waals surface area contributed by atoms with E-state index in [1.54, 1.807) is 11.8 Å². The van der Waals surface area contributed by atoms with E-state index in [1.807, 2.05) is 12.1 Å². The van der Waals surface area contributed by atoms with Crippen molar-refractivity contribution in [2.24, 2.45) is 0 Å². The third-order valence-corrected chi connectivity index (χ3v) is 4.11. The van der Waals surface area contributed by atoms with Crippen molar-refractivity contribution in [1.82, 2.24) is 0 Å². The number of thioether (sulfide) groups is 1. The van der Waals surface area contributed by atoms with Gasteiger partial charge < -0.3 is 9.64 Å². The number of para-hydroxylation sites is 1. The third-order valence-electron chi connectivity index (χ3n) is 2.82. The molecule has 1 unspecified atom stereocenters. The van der Waals surface area contributed by atoms with E-state index in [0.717, 1.165) is 13.0 Å². The van der Waals surface area contributed by atoms with Gasteiger partial charge in [-0.3, -0.25) is 4.79 Å². The van der Waals surface area contributed by atoms with Crippen LogP contribution < -0.4 is 4.90 Å². The van der Waals surface area contributed by atoms with Gasteiger partial charge in [0.25, 0.3) is 0 Å². The molecule has 0 bridgehead atoms. The number of rotatable bonds is 4. The van der Waals surface area contributed by atoms with Gasteiger partial charge in [0, 0.05) is 11.4 Å². The Morgan fingerprint density at radius 3 is 2.94 bits per heavy atom. The lowest BCUT2D eigenvalue weighted by Crippen LogP contribution is -2.32. The van der Waals surface area contributed by atoms with Crippen LogP contribution in [0, 0.1) is 0 Å². The molecule has 0 spiro atoms. The average molecular weight is 251 g/mol. The number of benzene rings is 1. The summed E-state index contributed by atoms with van der Waals surface area (Å²) in [6, 6.07) is 8.31. The van der Waals surface area contributed by atoms with E-state index in [4.69, 9.17) is 4.74 Å². The van der Waals surface area contributed by atoms with Crippen molar-refractivity contribution in [3.63, 3.8) is 0 Å². The topological polar surface area (TPSA) is 29.5 Å². The molecule has 1 aromatic rings. The molecule has 0 aromatic heterocycles. The van der Waals surface area contributed by atoms with Gasteiger partial charge in [-0.15, -0.1) is 0 Å². The number of esters is 1. The first kappa shape index (κ1) is 12.3. The maximum atomic E-state index is 11.4. The lowest BCUT2D eigenvalue weighted by atomic mass is 10.2. The Morgan fingerprint density at radius 1 is 1.47 bits per heavy atom. The molecule has 1 aromatic carbocycles. The molecule has 0 N–H and O–H groups in total. The van der Waals surface area contributed by atoms with Crippen LogP contribution in [0.25, 0.3) is 0 Å². The van der Waals surface area contributed by atoms with Gasteiger partial charge in [-0.25, -0.2) is 0 Å². The minimum absolute atomic E-state index is 0.142. The minimum Gasteiger partial charge on any atom is -0.469 e. The van der Waals surface area contributed by atoms with Gasteiger partial charge in [0.05, 0.1) is 24.6 Å². The summed E-state index contributed by atoms with van der Waals surface area (Å²) >= 11 is 1.75. The average Bonchev–Trinajstić information content (AvgIpc) is 2.68. The molecule has 0 fully saturated rings. The van der Waals surface area contributed by atoms with Gasteiger partial charge >= 0.3 is 5.97 Å². The maximum absolute atomic E-state index is 11.4. The molecule has 0 saturated heterocycles. The number of hydrogen-bond acceptors (Lipinski definition) is 4. The fraction of sp³-hybridized carbons (Fsp3) is 0.462. The zero-order valence-electron chi connectivity index (χ0n) is 10.2. The van der Waals surface area contributed by atoms with E-state index in [1.165, 1.54) is 17.7 Å². The highest BCUT2D eigenvalue weighted by Crippen LogP contribution is 2.44. The van der Waals surface area contributed by atoms with Gasteiger partial charge in [0.1, 0.15) is 0 Å². The molecular formula is C13H17NO2S. The van der Waals surface area contributed by atoms with Crippen molar-refractivity contribution < 1.29 is 9.53 Å². The summed E-state index contributed by atoms with van der Waals surface area (Å²) in [6.07, 6.45) is 1.52. The molecule has 4 heteroatoms. The zero-order chi connectivity index (χ0) is 12.3. The van der Waals surface area contributed by atoms with Crippen molar-refractivity contribution in [3.05, 3.63) is 24.3 Å². The summed E-state index contributed by atoms with van der Waals surface area (Å²) in [5.41, 5.74) is 1.24. The van der Waals surface area contributed by atoms with Gasteiger partial charge in [0.2, 0.25) is 0 Å². The number of fused-ring (bicyclic) bond motifs is 1. The second-order valence-corrected chi connectivity index (χ2v) is 5.23. The molecule has 1 aliphatic rings. The smallest absolute Gasteiger partial charge is 0.308 e. The monoisotopic (exact) mass is 251 g/mol. The Labute approximate surface area is 106 Å². The van der Waals surface area contributed by atoms with Crippen LogP contribution in [0.15, 0.2) is 29.2 Å². The van der Waals surface area contributed by atoms with Crippen LogP contribution in [-0.2, 0) is 9.53 Å². The molecule has 2 rings (SSSR count). The molecule has 17 heavy (non-hydrogen) atoms. The Bertz CT molecular complexity index is 408. The van der Waals surface area contributed by atoms with E-state index in [-0.39, 0.29) is 11.3 Å². The lowest BCUT2D eigenvalue weighted by molar-refractivity contribution is -0.140. The molecule has 0 aliphatic carbocycles. The van der Waals surface area contributed by atoms with Crippen molar-refractivity contribution >= 4 is 23.4 Å². The summed E-state index contributed by atoms with van der Waals surface area (Å²) < 4.78 is 4.76. The van der Waals surface area contributed by atoms with Crippen LogP contribution in [0.4, 0.5) is 5.69 Å². The molecule has 92 valence electrons. The molecule has 0 saturated carbocycles. The number of carbonyl (C=O) groups excluding carboxylic acids is 1. The van der Waals surface area contributed by atoms with Crippen LogP contribution >= 0.6 is 11.8 Å². The first-order valence-corrected chi connectivity index (χ1v) is 6.73. The predicted molar refractivity (Wildman–Crippen MR) is 70.4 cm³/mol. The first-order chi connectivity index (χ1) is 8.26. The molecular weight excluding hydrogens is 234 g/mol. The molecule has 1 aliphatic heterocycles. The highest BCUT2D eigenvalue weighted by atomic mass is 32.2. The second-order valence-electron chi connectivity index (χ2n) is 4.01. The largest absolute Gasteiger partial charge is 0.469 e. The van der Waals surface area contributed by atoms with E-state index < -0.39 is 0 Å². The number of anilines is 1. The Hall–Kier alpha value is -1.16. The molecule has 1 heterocycles. The third kappa shape index (κ3) is 2.57. The Kier molecular flexibility index (Phi) is 3.94. The van der Waals surface area contributed by atoms with E-state index in [9.17, 15) is 4.79 Å². The molecule has 1 atom stereocenters. The van der Waals surface area contributed by atoms with Gasteiger partial charge in [-0.05, 0) is 18.6 Å². The summed E-state index contributed by atoms with van der Waals surface area (Å²) in [6.45, 7) is 3.13. The Morgan fingerprint density at radius 2 is 2.24 bits per heavy atom. The molecule has 0 radical (unpaired) electrons. The summed E-state index contributed by atoms with van der Waals surface area (Å²) in [7, 11) is 1.44. The highest BCUT2D eigenvalue weighted by molar-refractivity contribution is 8.00. The zero-order valence-corrected chi connectivity index (χ0v) is 11.0. The van der Waals surface area contributed by atoms with Gasteiger partial charge in [-0.2, -0.15) is 0 Å². The van der Waals surface area contributed by atoms with Crippen LogP contribution in [-0.4, -0.2) is 25.0 Å². The van der Waals surface area contributed by atoms with Crippen LogP contribution in [0.2, 0.25) is 0 Å². The maximum Gasteiger partial charge on any atom is 0.308 e. The molecule has 3 nitrogen and oxygen atoms in total. The van der Waals surface area contributed by atoms with Crippen LogP contribution in [0.5, 0.6) is 0 Å². The van der Waals surface area contributed by atoms with Crippen LogP contribution in [0.3, 0.4) is 0 Å². The van der Waals surface area contributed by atoms with E-state index >= 15 is 0 Å². The number of ether oxygens (including phenoxy) is 1. The second kappa shape index (κ2) is 5.45. The first-order valence-electron chi connectivity index (χ1n) is 5.85. The number of hydrogen-bond donors (Lipinski definition) is 0. The standard InChI is InChI=1S/C13H17NO2S/c1-3-8-14-10-6-4-5-7-11(10)17-12(14)9-13(15)16-2/h4-7,12H,3,8-9H2,1-2H3. The van der Waals surface area contributed by atoms with Gasteiger partial charge in [0.15, 0.2) is 0 Å². The molecule has 0 amide bonds.